The molecule has 0 aromatic rings. The van der Waals surface area contributed by atoms with Crippen LogP contribution in [0, 0.1) is 0 Å². The Kier molecular flexibility index (Phi) is 2.97. The lowest BCUT2D eigenvalue weighted by molar-refractivity contribution is -0.274. The number of halogens is 1. The van der Waals surface area contributed by atoms with Gasteiger partial charge in [0.2, 0.25) is 0 Å². The SMILES string of the molecule is OCC1O[C@@H](O)[C@@H](O)C(F)[C@@H]1O. The van der Waals surface area contributed by atoms with Gasteiger partial charge in [0.1, 0.15) is 18.3 Å². The van der Waals surface area contributed by atoms with E-state index in [1.54, 1.807) is 0 Å². The zero-order chi connectivity index (χ0) is 9.30. The van der Waals surface area contributed by atoms with Crippen molar-refractivity contribution in [3.05, 3.63) is 0 Å². The molecule has 5 nitrogen and oxygen atoms in total. The van der Waals surface area contributed by atoms with E-state index in [4.69, 9.17) is 20.4 Å². The van der Waals surface area contributed by atoms with Gasteiger partial charge in [-0.05, 0) is 0 Å². The van der Waals surface area contributed by atoms with Gasteiger partial charge in [-0.15, -0.1) is 0 Å². The third-order valence-electron chi connectivity index (χ3n) is 1.82. The smallest absolute Gasteiger partial charge is 0.184 e. The zero-order valence-corrected chi connectivity index (χ0v) is 6.17. The normalized spacial score (nSPS) is 49.2. The first-order valence-electron chi connectivity index (χ1n) is 3.52. The number of alkyl halides is 1. The molecule has 0 bridgehead atoms. The molecule has 0 aromatic heterocycles. The Labute approximate surface area is 68.0 Å². The van der Waals surface area contributed by atoms with Crippen molar-refractivity contribution >= 4 is 0 Å². The third kappa shape index (κ3) is 1.57. The van der Waals surface area contributed by atoms with Crippen LogP contribution in [0.2, 0.25) is 0 Å². The fourth-order valence-corrected chi connectivity index (χ4v) is 1.06. The van der Waals surface area contributed by atoms with Crippen LogP contribution in [-0.2, 0) is 4.74 Å². The van der Waals surface area contributed by atoms with Crippen LogP contribution in [0.5, 0.6) is 0 Å². The Bertz CT molecular complexity index is 150. The first-order valence-corrected chi connectivity index (χ1v) is 3.52. The summed E-state index contributed by atoms with van der Waals surface area (Å²) in [7, 11) is 0. The Morgan fingerprint density at radius 3 is 2.25 bits per heavy atom. The van der Waals surface area contributed by atoms with E-state index in [0.717, 1.165) is 0 Å². The van der Waals surface area contributed by atoms with Crippen molar-refractivity contribution in [3.63, 3.8) is 0 Å². The van der Waals surface area contributed by atoms with Gasteiger partial charge in [0.05, 0.1) is 6.61 Å². The molecule has 1 heterocycles. The van der Waals surface area contributed by atoms with Gasteiger partial charge in [-0.1, -0.05) is 0 Å². The minimum atomic E-state index is -1.99. The van der Waals surface area contributed by atoms with Crippen LogP contribution in [0.25, 0.3) is 0 Å². The quantitative estimate of drug-likeness (QED) is 0.368. The Hall–Kier alpha value is -0.270. The molecular weight excluding hydrogens is 171 g/mol. The molecule has 1 aliphatic heterocycles. The number of rotatable bonds is 1. The molecule has 0 aliphatic carbocycles. The van der Waals surface area contributed by atoms with E-state index >= 15 is 0 Å². The zero-order valence-electron chi connectivity index (χ0n) is 6.17. The van der Waals surface area contributed by atoms with Gasteiger partial charge in [-0.25, -0.2) is 4.39 Å². The second-order valence-corrected chi connectivity index (χ2v) is 2.67. The Balaban J connectivity index is 2.63. The van der Waals surface area contributed by atoms with E-state index < -0.39 is 37.4 Å². The van der Waals surface area contributed by atoms with Gasteiger partial charge in [0, 0.05) is 0 Å². The van der Waals surface area contributed by atoms with Gasteiger partial charge < -0.3 is 25.2 Å². The van der Waals surface area contributed by atoms with E-state index in [1.807, 2.05) is 0 Å². The van der Waals surface area contributed by atoms with Crippen molar-refractivity contribution < 1.29 is 29.6 Å². The molecule has 0 saturated carbocycles. The second kappa shape index (κ2) is 3.63. The average Bonchev–Trinajstić information content (AvgIpc) is 2.08. The highest BCUT2D eigenvalue weighted by molar-refractivity contribution is 4.88. The van der Waals surface area contributed by atoms with E-state index in [0.29, 0.717) is 0 Å². The lowest BCUT2D eigenvalue weighted by atomic mass is 10.0. The minimum Gasteiger partial charge on any atom is -0.394 e. The van der Waals surface area contributed by atoms with E-state index in [1.165, 1.54) is 0 Å². The molecule has 1 saturated heterocycles. The molecule has 4 N–H and O–H groups in total. The van der Waals surface area contributed by atoms with Crippen LogP contribution in [0.1, 0.15) is 0 Å². The van der Waals surface area contributed by atoms with Gasteiger partial charge in [-0.2, -0.15) is 0 Å². The molecule has 1 rings (SSSR count). The maximum absolute atomic E-state index is 12.8. The molecule has 6 heteroatoms. The van der Waals surface area contributed by atoms with Crippen LogP contribution >= 0.6 is 0 Å². The van der Waals surface area contributed by atoms with Crippen molar-refractivity contribution in [1.29, 1.82) is 0 Å². The van der Waals surface area contributed by atoms with Crippen molar-refractivity contribution in [2.45, 2.75) is 30.8 Å². The summed E-state index contributed by atoms with van der Waals surface area (Å²) in [4.78, 5) is 0. The van der Waals surface area contributed by atoms with Crippen molar-refractivity contribution in [1.82, 2.24) is 0 Å². The number of ether oxygens (including phenoxy) is 1. The van der Waals surface area contributed by atoms with E-state index in [-0.39, 0.29) is 0 Å². The topological polar surface area (TPSA) is 90.2 Å². The molecule has 12 heavy (non-hydrogen) atoms. The summed E-state index contributed by atoms with van der Waals surface area (Å²) in [6.45, 7) is -0.606. The molecule has 5 atom stereocenters. The second-order valence-electron chi connectivity index (χ2n) is 2.67. The first kappa shape index (κ1) is 9.82. The molecular formula is C6H11FO5. The summed E-state index contributed by atoms with van der Waals surface area (Å²) in [6.07, 6.45) is -8.24. The average molecular weight is 182 g/mol. The van der Waals surface area contributed by atoms with Crippen LogP contribution in [0.4, 0.5) is 4.39 Å². The van der Waals surface area contributed by atoms with Gasteiger partial charge in [0.25, 0.3) is 0 Å². The Morgan fingerprint density at radius 1 is 1.17 bits per heavy atom. The predicted octanol–water partition coefficient (Wildman–Crippen LogP) is -2.24. The molecule has 0 amide bonds. The van der Waals surface area contributed by atoms with Crippen molar-refractivity contribution in [3.8, 4) is 0 Å². The molecule has 1 aliphatic rings. The number of hydrogen-bond acceptors (Lipinski definition) is 5. The lowest BCUT2D eigenvalue weighted by Gasteiger charge is -2.36. The summed E-state index contributed by atoms with van der Waals surface area (Å²) in [5.74, 6) is 0. The maximum Gasteiger partial charge on any atom is 0.184 e. The predicted molar refractivity (Wildman–Crippen MR) is 34.9 cm³/mol. The standard InChI is InChI=1S/C6H11FO5/c7-3-4(9)2(1-8)12-6(11)5(3)10/h2-6,8-11H,1H2/t2?,3?,4-,5+,6-/m1/s1. The molecule has 72 valence electrons. The fraction of sp³-hybridized carbons (Fsp3) is 1.00. The lowest BCUT2D eigenvalue weighted by Crippen LogP contribution is -2.56. The summed E-state index contributed by atoms with van der Waals surface area (Å²) in [5.41, 5.74) is 0. The van der Waals surface area contributed by atoms with E-state index in [9.17, 15) is 4.39 Å². The molecule has 1 fully saturated rings. The number of aliphatic hydroxyl groups is 4. The van der Waals surface area contributed by atoms with Crippen LogP contribution in [-0.4, -0.2) is 57.8 Å². The summed E-state index contributed by atoms with van der Waals surface area (Å²) in [5, 5.41) is 35.2. The van der Waals surface area contributed by atoms with E-state index in [2.05, 4.69) is 4.74 Å². The number of aliphatic hydroxyl groups excluding tert-OH is 4. The summed E-state index contributed by atoms with van der Waals surface area (Å²) < 4.78 is 17.3. The van der Waals surface area contributed by atoms with Crippen molar-refractivity contribution in [2.24, 2.45) is 0 Å². The van der Waals surface area contributed by atoms with Crippen LogP contribution in [0.3, 0.4) is 0 Å². The van der Waals surface area contributed by atoms with Gasteiger partial charge in [-0.3, -0.25) is 0 Å². The summed E-state index contributed by atoms with van der Waals surface area (Å²) in [6, 6.07) is 0. The highest BCUT2D eigenvalue weighted by Crippen LogP contribution is 2.21. The Morgan fingerprint density at radius 2 is 1.75 bits per heavy atom. The minimum absolute atomic E-state index is 0.606. The molecule has 0 spiro atoms. The summed E-state index contributed by atoms with van der Waals surface area (Å²) >= 11 is 0. The number of hydrogen-bond donors (Lipinski definition) is 4. The van der Waals surface area contributed by atoms with Gasteiger partial charge in [0.15, 0.2) is 12.5 Å². The molecule has 0 aromatic carbocycles. The third-order valence-corrected chi connectivity index (χ3v) is 1.82. The highest BCUT2D eigenvalue weighted by atomic mass is 19.1. The largest absolute Gasteiger partial charge is 0.394 e. The fourth-order valence-electron chi connectivity index (χ4n) is 1.06. The molecule has 0 radical (unpaired) electrons. The monoisotopic (exact) mass is 182 g/mol. The van der Waals surface area contributed by atoms with Crippen LogP contribution < -0.4 is 0 Å². The first-order chi connectivity index (χ1) is 5.57. The maximum atomic E-state index is 12.8. The van der Waals surface area contributed by atoms with Crippen molar-refractivity contribution in [2.75, 3.05) is 6.61 Å². The van der Waals surface area contributed by atoms with Gasteiger partial charge >= 0.3 is 0 Å². The molecule has 2 unspecified atom stereocenters. The highest BCUT2D eigenvalue weighted by Gasteiger charge is 2.43. The van der Waals surface area contributed by atoms with Crippen LogP contribution in [0.15, 0.2) is 0 Å².